The number of amidine groups is 1. The minimum Gasteiger partial charge on any atom is -0.481 e. The first kappa shape index (κ1) is 17.3. The molecule has 3 rings (SSSR count). The Morgan fingerprint density at radius 3 is 2.58 bits per heavy atom. The molecule has 8 nitrogen and oxygen atoms in total. The minimum atomic E-state index is -0.848. The Morgan fingerprint density at radius 2 is 1.96 bits per heavy atom. The lowest BCUT2D eigenvalue weighted by Gasteiger charge is -2.05. The number of hydrogen-bond donors (Lipinski definition) is 3. The Balaban J connectivity index is 1.74. The second-order valence-corrected chi connectivity index (χ2v) is 5.65. The summed E-state index contributed by atoms with van der Waals surface area (Å²) in [6.07, 6.45) is 3.77. The van der Waals surface area contributed by atoms with E-state index in [0.717, 1.165) is 16.8 Å². The predicted octanol–water partition coefficient (Wildman–Crippen LogP) is 1.89. The van der Waals surface area contributed by atoms with Crippen molar-refractivity contribution in [2.45, 2.75) is 12.8 Å². The van der Waals surface area contributed by atoms with Gasteiger partial charge in [-0.1, -0.05) is 24.3 Å². The first-order valence-corrected chi connectivity index (χ1v) is 8.02. The van der Waals surface area contributed by atoms with Gasteiger partial charge in [0.25, 0.3) is 0 Å². The molecule has 0 fully saturated rings. The van der Waals surface area contributed by atoms with E-state index in [0.29, 0.717) is 23.8 Å². The van der Waals surface area contributed by atoms with Crippen LogP contribution in [0.3, 0.4) is 0 Å². The van der Waals surface area contributed by atoms with Crippen LogP contribution in [-0.4, -0.2) is 43.7 Å². The number of aliphatic carboxylic acids is 1. The molecule has 3 aromatic rings. The van der Waals surface area contributed by atoms with Crippen molar-refractivity contribution in [3.63, 3.8) is 0 Å². The van der Waals surface area contributed by atoms with Gasteiger partial charge in [-0.05, 0) is 12.1 Å². The van der Waals surface area contributed by atoms with Crippen LogP contribution in [0.25, 0.3) is 17.1 Å². The number of imidazole rings is 1. The van der Waals surface area contributed by atoms with Crippen LogP contribution in [-0.2, 0) is 11.2 Å². The summed E-state index contributed by atoms with van der Waals surface area (Å²) in [5, 5.41) is 27.7. The second-order valence-electron chi connectivity index (χ2n) is 5.65. The molecule has 0 radical (unpaired) electrons. The smallest absolute Gasteiger partial charge is 0.303 e. The zero-order valence-electron chi connectivity index (χ0n) is 14.2. The van der Waals surface area contributed by atoms with E-state index in [2.05, 4.69) is 20.5 Å². The molecular weight excluding hydrogens is 332 g/mol. The van der Waals surface area contributed by atoms with Crippen LogP contribution < -0.4 is 5.32 Å². The van der Waals surface area contributed by atoms with E-state index in [4.69, 9.17) is 10.5 Å². The van der Waals surface area contributed by atoms with Crippen molar-refractivity contribution in [3.05, 3.63) is 60.2 Å². The molecule has 8 heteroatoms. The molecule has 0 aliphatic heterocycles. The van der Waals surface area contributed by atoms with E-state index in [1.54, 1.807) is 24.1 Å². The molecule has 2 aromatic heterocycles. The van der Waals surface area contributed by atoms with Crippen LogP contribution in [0.2, 0.25) is 0 Å². The zero-order valence-corrected chi connectivity index (χ0v) is 14.2. The molecule has 0 aliphatic carbocycles. The fourth-order valence-electron chi connectivity index (χ4n) is 2.42. The number of aromatic nitrogens is 4. The van der Waals surface area contributed by atoms with Crippen molar-refractivity contribution in [2.24, 2.45) is 0 Å². The maximum Gasteiger partial charge on any atom is 0.303 e. The SMILES string of the molecule is CNC(=N)c1ccc(-c2ccc(-n3cnc(CCC(=O)O)c3)nn2)cc1. The Morgan fingerprint density at radius 1 is 1.19 bits per heavy atom. The number of nitrogens with one attached hydrogen (secondary N) is 2. The van der Waals surface area contributed by atoms with Crippen molar-refractivity contribution in [1.82, 2.24) is 25.1 Å². The van der Waals surface area contributed by atoms with E-state index in [-0.39, 0.29) is 6.42 Å². The molecule has 2 heterocycles. The van der Waals surface area contributed by atoms with Gasteiger partial charge < -0.3 is 10.4 Å². The summed E-state index contributed by atoms with van der Waals surface area (Å²) in [4.78, 5) is 14.8. The first-order chi connectivity index (χ1) is 12.6. The topological polar surface area (TPSA) is 117 Å². The largest absolute Gasteiger partial charge is 0.481 e. The van der Waals surface area contributed by atoms with Crippen molar-refractivity contribution in [2.75, 3.05) is 7.05 Å². The fourth-order valence-corrected chi connectivity index (χ4v) is 2.42. The van der Waals surface area contributed by atoms with Crippen LogP contribution in [0.5, 0.6) is 0 Å². The van der Waals surface area contributed by atoms with E-state index >= 15 is 0 Å². The predicted molar refractivity (Wildman–Crippen MR) is 96.4 cm³/mol. The molecule has 0 amide bonds. The number of rotatable bonds is 6. The number of aryl methyl sites for hydroxylation is 1. The second kappa shape index (κ2) is 7.56. The lowest BCUT2D eigenvalue weighted by Crippen LogP contribution is -2.17. The molecule has 132 valence electrons. The minimum absolute atomic E-state index is 0.0443. The molecule has 3 N–H and O–H groups in total. The Bertz CT molecular complexity index is 916. The molecule has 1 aromatic carbocycles. The molecule has 26 heavy (non-hydrogen) atoms. The van der Waals surface area contributed by atoms with Gasteiger partial charge in [0.15, 0.2) is 5.82 Å². The third-order valence-corrected chi connectivity index (χ3v) is 3.87. The lowest BCUT2D eigenvalue weighted by atomic mass is 10.1. The standard InChI is InChI=1S/C18H18N6O2/c1-20-18(19)13-4-2-12(3-5-13)15-7-8-16(23-22-15)24-10-14(21-11-24)6-9-17(25)26/h2-5,7-8,10-11H,6,9H2,1H3,(H2,19,20)(H,25,26). The van der Waals surface area contributed by atoms with Crippen LogP contribution in [0.4, 0.5) is 0 Å². The van der Waals surface area contributed by atoms with Gasteiger partial charge in [-0.3, -0.25) is 14.8 Å². The Hall–Kier alpha value is -3.55. The highest BCUT2D eigenvalue weighted by Crippen LogP contribution is 2.18. The summed E-state index contributed by atoms with van der Waals surface area (Å²) in [6.45, 7) is 0. The summed E-state index contributed by atoms with van der Waals surface area (Å²) in [5.74, 6) is 0.118. The van der Waals surface area contributed by atoms with Crippen LogP contribution >= 0.6 is 0 Å². The van der Waals surface area contributed by atoms with Gasteiger partial charge in [0.1, 0.15) is 12.2 Å². The molecule has 0 saturated heterocycles. The Kier molecular flexibility index (Phi) is 5.02. The van der Waals surface area contributed by atoms with Gasteiger partial charge in [-0.15, -0.1) is 10.2 Å². The number of hydrogen-bond acceptors (Lipinski definition) is 5. The summed E-state index contributed by atoms with van der Waals surface area (Å²) in [6, 6.07) is 11.2. The molecular formula is C18H18N6O2. The molecule has 0 atom stereocenters. The molecule has 0 saturated carbocycles. The fraction of sp³-hybridized carbons (Fsp3) is 0.167. The normalized spacial score (nSPS) is 10.5. The van der Waals surface area contributed by atoms with Crippen LogP contribution in [0.15, 0.2) is 48.9 Å². The lowest BCUT2D eigenvalue weighted by molar-refractivity contribution is -0.136. The van der Waals surface area contributed by atoms with Crippen molar-refractivity contribution in [3.8, 4) is 17.1 Å². The third-order valence-electron chi connectivity index (χ3n) is 3.87. The zero-order chi connectivity index (χ0) is 18.5. The number of nitrogens with zero attached hydrogens (tertiary/aromatic N) is 4. The van der Waals surface area contributed by atoms with E-state index in [1.807, 2.05) is 36.4 Å². The highest BCUT2D eigenvalue weighted by Gasteiger charge is 2.07. The molecule has 0 aliphatic rings. The van der Waals surface area contributed by atoms with Crippen molar-refractivity contribution < 1.29 is 9.90 Å². The average molecular weight is 350 g/mol. The molecule has 0 unspecified atom stereocenters. The number of benzene rings is 1. The van der Waals surface area contributed by atoms with E-state index in [1.165, 1.54) is 0 Å². The first-order valence-electron chi connectivity index (χ1n) is 8.02. The van der Waals surface area contributed by atoms with Gasteiger partial charge in [-0.2, -0.15) is 0 Å². The molecule has 0 bridgehead atoms. The maximum atomic E-state index is 10.6. The highest BCUT2D eigenvalue weighted by atomic mass is 16.4. The third kappa shape index (κ3) is 3.92. The van der Waals surface area contributed by atoms with Gasteiger partial charge in [0, 0.05) is 30.8 Å². The quantitative estimate of drug-likeness (QED) is 0.462. The Labute approximate surface area is 150 Å². The average Bonchev–Trinajstić information content (AvgIpc) is 3.15. The summed E-state index contributed by atoms with van der Waals surface area (Å²) >= 11 is 0. The summed E-state index contributed by atoms with van der Waals surface area (Å²) in [5.41, 5.74) is 3.13. The van der Waals surface area contributed by atoms with Gasteiger partial charge in [0.2, 0.25) is 0 Å². The highest BCUT2D eigenvalue weighted by molar-refractivity contribution is 5.96. The summed E-state index contributed by atoms with van der Waals surface area (Å²) < 4.78 is 1.71. The summed E-state index contributed by atoms with van der Waals surface area (Å²) in [7, 11) is 1.71. The van der Waals surface area contributed by atoms with E-state index < -0.39 is 5.97 Å². The van der Waals surface area contributed by atoms with E-state index in [9.17, 15) is 4.79 Å². The number of carboxylic acid groups (broad SMARTS) is 1. The number of carboxylic acids is 1. The van der Waals surface area contributed by atoms with Crippen molar-refractivity contribution in [1.29, 1.82) is 5.41 Å². The van der Waals surface area contributed by atoms with Crippen LogP contribution in [0, 0.1) is 5.41 Å². The molecule has 0 spiro atoms. The maximum absolute atomic E-state index is 10.6. The van der Waals surface area contributed by atoms with Gasteiger partial charge in [0.05, 0.1) is 17.8 Å². The van der Waals surface area contributed by atoms with Crippen molar-refractivity contribution >= 4 is 11.8 Å². The monoisotopic (exact) mass is 350 g/mol. The van der Waals surface area contributed by atoms with Gasteiger partial charge in [-0.25, -0.2) is 4.98 Å². The number of carbonyl (C=O) groups is 1. The van der Waals surface area contributed by atoms with Gasteiger partial charge >= 0.3 is 5.97 Å². The van der Waals surface area contributed by atoms with Crippen LogP contribution in [0.1, 0.15) is 17.7 Å².